The van der Waals surface area contributed by atoms with Crippen molar-refractivity contribution in [2.45, 2.75) is 25.9 Å². The number of aromatic nitrogens is 1. The number of rotatable bonds is 6. The fourth-order valence-electron chi connectivity index (χ4n) is 2.27. The normalized spacial score (nSPS) is 16.3. The molecule has 1 aliphatic rings. The highest BCUT2D eigenvalue weighted by molar-refractivity contribution is 5.89. The molecule has 1 aromatic heterocycles. The van der Waals surface area contributed by atoms with Gasteiger partial charge in [-0.25, -0.2) is 0 Å². The second-order valence-electron chi connectivity index (χ2n) is 5.05. The van der Waals surface area contributed by atoms with Crippen molar-refractivity contribution in [2.24, 2.45) is 5.92 Å². The van der Waals surface area contributed by atoms with Gasteiger partial charge in [-0.3, -0.25) is 4.79 Å². The number of benzene rings is 1. The Labute approximate surface area is 111 Å². The van der Waals surface area contributed by atoms with Crippen LogP contribution in [0.1, 0.15) is 31.4 Å². The van der Waals surface area contributed by atoms with Gasteiger partial charge in [0.2, 0.25) is 0 Å². The molecule has 19 heavy (non-hydrogen) atoms. The van der Waals surface area contributed by atoms with Gasteiger partial charge in [0.1, 0.15) is 11.9 Å². The maximum atomic E-state index is 10.5. The highest BCUT2D eigenvalue weighted by Crippen LogP contribution is 2.35. The molecule has 4 nitrogen and oxygen atoms in total. The second kappa shape index (κ2) is 4.96. The largest absolute Gasteiger partial charge is 0.493 e. The number of carbonyl (C=O) groups is 1. The Kier molecular flexibility index (Phi) is 3.15. The predicted octanol–water partition coefficient (Wildman–Crippen LogP) is 3.19. The van der Waals surface area contributed by atoms with E-state index in [1.807, 2.05) is 31.3 Å². The van der Waals surface area contributed by atoms with Crippen molar-refractivity contribution in [3.63, 3.8) is 0 Å². The Hall–Kier alpha value is -1.97. The molecule has 0 aliphatic heterocycles. The molecule has 4 heteroatoms. The van der Waals surface area contributed by atoms with E-state index in [1.165, 1.54) is 12.8 Å². The number of nitrogens with one attached hydrogen (secondary N) is 1. The number of hydrogen-bond acceptors (Lipinski definition) is 3. The Morgan fingerprint density at radius 2 is 2.32 bits per heavy atom. The SMILES string of the molecule is CC(OC=O)c1c[nH]c2cccc(OCC3CC3)c12. The van der Waals surface area contributed by atoms with E-state index in [2.05, 4.69) is 4.98 Å². The molecule has 100 valence electrons. The predicted molar refractivity (Wildman–Crippen MR) is 72.1 cm³/mol. The number of hydrogen-bond donors (Lipinski definition) is 1. The van der Waals surface area contributed by atoms with Crippen LogP contribution in [0.25, 0.3) is 10.9 Å². The van der Waals surface area contributed by atoms with Gasteiger partial charge in [-0.2, -0.15) is 0 Å². The zero-order chi connectivity index (χ0) is 13.2. The molecule has 0 spiro atoms. The summed E-state index contributed by atoms with van der Waals surface area (Å²) in [5.74, 6) is 1.57. The van der Waals surface area contributed by atoms with Crippen LogP contribution in [0.2, 0.25) is 0 Å². The lowest BCUT2D eigenvalue weighted by atomic mass is 10.1. The first-order valence-electron chi connectivity index (χ1n) is 6.61. The molecule has 1 unspecified atom stereocenters. The second-order valence-corrected chi connectivity index (χ2v) is 5.05. The standard InChI is InChI=1S/C15H17NO3/c1-10(19-9-17)12-7-16-13-3-2-4-14(15(12)13)18-8-11-5-6-11/h2-4,7,9-11,16H,5-6,8H2,1H3. The molecular formula is C15H17NO3. The van der Waals surface area contributed by atoms with E-state index in [9.17, 15) is 4.79 Å². The van der Waals surface area contributed by atoms with Crippen LogP contribution in [-0.4, -0.2) is 18.1 Å². The Balaban J connectivity index is 1.94. The number of H-pyrrole nitrogens is 1. The molecule has 3 rings (SSSR count). The third-order valence-electron chi connectivity index (χ3n) is 3.57. The molecule has 0 radical (unpaired) electrons. The topological polar surface area (TPSA) is 51.3 Å². The van der Waals surface area contributed by atoms with E-state index in [1.54, 1.807) is 0 Å². The lowest BCUT2D eigenvalue weighted by Crippen LogP contribution is -2.01. The van der Waals surface area contributed by atoms with Crippen LogP contribution < -0.4 is 4.74 Å². The van der Waals surface area contributed by atoms with E-state index < -0.39 is 0 Å². The van der Waals surface area contributed by atoms with Gasteiger partial charge in [0, 0.05) is 22.7 Å². The van der Waals surface area contributed by atoms with Gasteiger partial charge in [0.15, 0.2) is 0 Å². The first-order chi connectivity index (χ1) is 9.29. The summed E-state index contributed by atoms with van der Waals surface area (Å²) in [6, 6.07) is 5.93. The minimum Gasteiger partial charge on any atom is -0.493 e. The van der Waals surface area contributed by atoms with Gasteiger partial charge in [-0.05, 0) is 37.8 Å². The third kappa shape index (κ3) is 2.43. The zero-order valence-electron chi connectivity index (χ0n) is 10.9. The number of fused-ring (bicyclic) bond motifs is 1. The van der Waals surface area contributed by atoms with Gasteiger partial charge < -0.3 is 14.5 Å². The number of ether oxygens (including phenoxy) is 2. The van der Waals surface area contributed by atoms with Gasteiger partial charge in [-0.15, -0.1) is 0 Å². The van der Waals surface area contributed by atoms with Gasteiger partial charge >= 0.3 is 0 Å². The monoisotopic (exact) mass is 259 g/mol. The maximum absolute atomic E-state index is 10.5. The summed E-state index contributed by atoms with van der Waals surface area (Å²) in [5, 5.41) is 1.01. The fourth-order valence-corrected chi connectivity index (χ4v) is 2.27. The van der Waals surface area contributed by atoms with Crippen molar-refractivity contribution in [1.82, 2.24) is 4.98 Å². The summed E-state index contributed by atoms with van der Waals surface area (Å²) in [7, 11) is 0. The highest BCUT2D eigenvalue weighted by atomic mass is 16.5. The van der Waals surface area contributed by atoms with E-state index >= 15 is 0 Å². The molecule has 0 saturated heterocycles. The van der Waals surface area contributed by atoms with E-state index in [4.69, 9.17) is 9.47 Å². The van der Waals surface area contributed by atoms with Crippen LogP contribution in [0.5, 0.6) is 5.75 Å². The molecule has 1 atom stereocenters. The Morgan fingerprint density at radius 3 is 3.05 bits per heavy atom. The lowest BCUT2D eigenvalue weighted by Gasteiger charge is -2.11. The number of aromatic amines is 1. The van der Waals surface area contributed by atoms with Gasteiger partial charge in [0.05, 0.1) is 6.61 Å². The summed E-state index contributed by atoms with van der Waals surface area (Å²) in [6.45, 7) is 3.11. The molecule has 1 heterocycles. The molecule has 0 amide bonds. The van der Waals surface area contributed by atoms with E-state index in [0.717, 1.165) is 28.8 Å². The maximum Gasteiger partial charge on any atom is 0.293 e. The van der Waals surface area contributed by atoms with Crippen molar-refractivity contribution in [1.29, 1.82) is 0 Å². The Bertz CT molecular complexity index is 586. The van der Waals surface area contributed by atoms with Crippen LogP contribution in [0.15, 0.2) is 24.4 Å². The van der Waals surface area contributed by atoms with Crippen LogP contribution >= 0.6 is 0 Å². The lowest BCUT2D eigenvalue weighted by molar-refractivity contribution is -0.133. The first kappa shape index (κ1) is 12.1. The summed E-state index contributed by atoms with van der Waals surface area (Å²) in [6.07, 6.45) is 4.13. The molecular weight excluding hydrogens is 242 g/mol. The molecule has 1 N–H and O–H groups in total. The van der Waals surface area contributed by atoms with Crippen molar-refractivity contribution in [3.8, 4) is 5.75 Å². The van der Waals surface area contributed by atoms with Crippen molar-refractivity contribution in [2.75, 3.05) is 6.61 Å². The fraction of sp³-hybridized carbons (Fsp3) is 0.400. The Morgan fingerprint density at radius 1 is 1.47 bits per heavy atom. The molecule has 1 fully saturated rings. The summed E-state index contributed by atoms with van der Waals surface area (Å²) >= 11 is 0. The van der Waals surface area contributed by atoms with Crippen LogP contribution in [0, 0.1) is 5.92 Å². The molecule has 2 aromatic rings. The van der Waals surface area contributed by atoms with Crippen LogP contribution in [-0.2, 0) is 9.53 Å². The number of carbonyl (C=O) groups excluding carboxylic acids is 1. The molecule has 1 saturated carbocycles. The van der Waals surface area contributed by atoms with Crippen molar-refractivity contribution < 1.29 is 14.3 Å². The zero-order valence-corrected chi connectivity index (χ0v) is 10.9. The van der Waals surface area contributed by atoms with Crippen molar-refractivity contribution in [3.05, 3.63) is 30.0 Å². The van der Waals surface area contributed by atoms with E-state index in [-0.39, 0.29) is 6.10 Å². The average Bonchev–Trinajstić information content (AvgIpc) is 3.13. The summed E-state index contributed by atoms with van der Waals surface area (Å²) in [4.78, 5) is 13.7. The van der Waals surface area contributed by atoms with Crippen LogP contribution in [0.3, 0.4) is 0 Å². The average molecular weight is 259 g/mol. The minimum absolute atomic E-state index is 0.281. The minimum atomic E-state index is -0.281. The van der Waals surface area contributed by atoms with Crippen molar-refractivity contribution >= 4 is 17.4 Å². The van der Waals surface area contributed by atoms with Crippen LogP contribution in [0.4, 0.5) is 0 Å². The highest BCUT2D eigenvalue weighted by Gasteiger charge is 2.23. The molecule has 1 aromatic carbocycles. The molecule has 0 bridgehead atoms. The van der Waals surface area contributed by atoms with Gasteiger partial charge in [-0.1, -0.05) is 6.07 Å². The quantitative estimate of drug-likeness (QED) is 0.810. The van der Waals surface area contributed by atoms with E-state index in [0.29, 0.717) is 12.4 Å². The summed E-state index contributed by atoms with van der Waals surface area (Å²) in [5.41, 5.74) is 1.96. The van der Waals surface area contributed by atoms with Gasteiger partial charge in [0.25, 0.3) is 6.47 Å². The molecule has 1 aliphatic carbocycles. The summed E-state index contributed by atoms with van der Waals surface area (Å²) < 4.78 is 10.9. The third-order valence-corrected chi connectivity index (χ3v) is 3.57. The first-order valence-corrected chi connectivity index (χ1v) is 6.61. The smallest absolute Gasteiger partial charge is 0.293 e.